The van der Waals surface area contributed by atoms with Gasteiger partial charge in [-0.25, -0.2) is 0 Å². The number of amides is 1. The van der Waals surface area contributed by atoms with E-state index in [0.717, 1.165) is 12.8 Å². The van der Waals surface area contributed by atoms with Gasteiger partial charge >= 0.3 is 0 Å². The Balaban J connectivity index is 2.21. The van der Waals surface area contributed by atoms with Gasteiger partial charge in [0.2, 0.25) is 5.91 Å². The molecule has 1 aliphatic carbocycles. The molecular formula is C14H28N2OS. The maximum atomic E-state index is 11.8. The van der Waals surface area contributed by atoms with Crippen molar-refractivity contribution in [1.82, 2.24) is 10.6 Å². The van der Waals surface area contributed by atoms with Crippen LogP contribution in [0.4, 0.5) is 0 Å². The molecule has 3 atom stereocenters. The SMILES string of the molecule is CCCC(C)NC(=O)CNC1CCCC1SCC. The molecule has 0 aromatic heterocycles. The fraction of sp³-hybridized carbons (Fsp3) is 0.929. The van der Waals surface area contributed by atoms with Crippen LogP contribution in [0.3, 0.4) is 0 Å². The zero-order valence-corrected chi connectivity index (χ0v) is 12.8. The highest BCUT2D eigenvalue weighted by atomic mass is 32.2. The Morgan fingerprint density at radius 1 is 1.39 bits per heavy atom. The molecular weight excluding hydrogens is 244 g/mol. The van der Waals surface area contributed by atoms with Gasteiger partial charge in [0.15, 0.2) is 0 Å². The van der Waals surface area contributed by atoms with Crippen LogP contribution in [0.1, 0.15) is 52.9 Å². The average molecular weight is 272 g/mol. The summed E-state index contributed by atoms with van der Waals surface area (Å²) in [4.78, 5) is 11.8. The highest BCUT2D eigenvalue weighted by Crippen LogP contribution is 2.29. The van der Waals surface area contributed by atoms with Crippen molar-refractivity contribution in [2.75, 3.05) is 12.3 Å². The molecule has 0 aromatic rings. The number of hydrogen-bond donors (Lipinski definition) is 2. The van der Waals surface area contributed by atoms with Crippen molar-refractivity contribution in [2.24, 2.45) is 0 Å². The van der Waals surface area contributed by atoms with Gasteiger partial charge in [0.1, 0.15) is 0 Å². The monoisotopic (exact) mass is 272 g/mol. The molecule has 0 bridgehead atoms. The molecule has 0 saturated heterocycles. The third-order valence-electron chi connectivity index (χ3n) is 3.49. The lowest BCUT2D eigenvalue weighted by molar-refractivity contribution is -0.121. The first-order valence-electron chi connectivity index (χ1n) is 7.31. The number of rotatable bonds is 8. The van der Waals surface area contributed by atoms with Gasteiger partial charge in [0.25, 0.3) is 0 Å². The van der Waals surface area contributed by atoms with Gasteiger partial charge in [-0.1, -0.05) is 26.7 Å². The van der Waals surface area contributed by atoms with E-state index in [0.29, 0.717) is 23.9 Å². The summed E-state index contributed by atoms with van der Waals surface area (Å²) in [5.74, 6) is 1.31. The van der Waals surface area contributed by atoms with Gasteiger partial charge in [-0.05, 0) is 31.9 Å². The third kappa shape index (κ3) is 5.61. The summed E-state index contributed by atoms with van der Waals surface area (Å²) >= 11 is 2.03. The standard InChI is InChI=1S/C14H28N2OS/c1-4-7-11(3)16-14(17)10-15-12-8-6-9-13(12)18-5-2/h11-13,15H,4-10H2,1-3H3,(H,16,17). The molecule has 1 amide bonds. The molecule has 0 spiro atoms. The molecule has 1 aliphatic rings. The van der Waals surface area contributed by atoms with Crippen molar-refractivity contribution < 1.29 is 4.79 Å². The minimum atomic E-state index is 0.142. The topological polar surface area (TPSA) is 41.1 Å². The average Bonchev–Trinajstić information content (AvgIpc) is 2.75. The maximum absolute atomic E-state index is 11.8. The summed E-state index contributed by atoms with van der Waals surface area (Å²) in [7, 11) is 0. The molecule has 0 aliphatic heterocycles. The summed E-state index contributed by atoms with van der Waals surface area (Å²) in [6.45, 7) is 6.90. The fourth-order valence-electron chi connectivity index (χ4n) is 2.63. The molecule has 4 heteroatoms. The number of carbonyl (C=O) groups is 1. The largest absolute Gasteiger partial charge is 0.353 e. The smallest absolute Gasteiger partial charge is 0.234 e. The van der Waals surface area contributed by atoms with Crippen molar-refractivity contribution in [3.63, 3.8) is 0 Å². The van der Waals surface area contributed by atoms with Gasteiger partial charge in [-0.15, -0.1) is 0 Å². The van der Waals surface area contributed by atoms with Crippen LogP contribution in [-0.2, 0) is 4.79 Å². The number of thioether (sulfide) groups is 1. The highest BCUT2D eigenvalue weighted by molar-refractivity contribution is 7.99. The van der Waals surface area contributed by atoms with Crippen molar-refractivity contribution in [2.45, 2.75) is 70.2 Å². The van der Waals surface area contributed by atoms with E-state index in [9.17, 15) is 4.79 Å². The molecule has 1 rings (SSSR count). The summed E-state index contributed by atoms with van der Waals surface area (Å²) in [6.07, 6.45) is 5.98. The lowest BCUT2D eigenvalue weighted by atomic mass is 10.2. The van der Waals surface area contributed by atoms with Gasteiger partial charge < -0.3 is 10.6 Å². The highest BCUT2D eigenvalue weighted by Gasteiger charge is 2.27. The van der Waals surface area contributed by atoms with Crippen LogP contribution in [0.2, 0.25) is 0 Å². The van der Waals surface area contributed by atoms with E-state index < -0.39 is 0 Å². The lowest BCUT2D eigenvalue weighted by Gasteiger charge is -2.20. The normalized spacial score (nSPS) is 25.1. The van der Waals surface area contributed by atoms with E-state index >= 15 is 0 Å². The van der Waals surface area contributed by atoms with E-state index in [1.54, 1.807) is 0 Å². The van der Waals surface area contributed by atoms with Gasteiger partial charge in [0, 0.05) is 17.3 Å². The first-order chi connectivity index (χ1) is 8.67. The first-order valence-corrected chi connectivity index (χ1v) is 8.36. The van der Waals surface area contributed by atoms with Crippen LogP contribution in [-0.4, -0.2) is 35.5 Å². The Kier molecular flexibility index (Phi) is 7.75. The maximum Gasteiger partial charge on any atom is 0.234 e. The predicted octanol–water partition coefficient (Wildman–Crippen LogP) is 2.55. The van der Waals surface area contributed by atoms with E-state index in [2.05, 4.69) is 31.4 Å². The summed E-state index contributed by atoms with van der Waals surface area (Å²) in [5.41, 5.74) is 0. The lowest BCUT2D eigenvalue weighted by Crippen LogP contribution is -2.44. The zero-order chi connectivity index (χ0) is 13.4. The van der Waals surface area contributed by atoms with Crippen molar-refractivity contribution >= 4 is 17.7 Å². The molecule has 3 nitrogen and oxygen atoms in total. The van der Waals surface area contributed by atoms with Crippen LogP contribution in [0.25, 0.3) is 0 Å². The van der Waals surface area contributed by atoms with Gasteiger partial charge in [-0.2, -0.15) is 11.8 Å². The number of nitrogens with one attached hydrogen (secondary N) is 2. The summed E-state index contributed by atoms with van der Waals surface area (Å²) in [6, 6.07) is 0.830. The van der Waals surface area contributed by atoms with Crippen molar-refractivity contribution in [3.05, 3.63) is 0 Å². The van der Waals surface area contributed by atoms with E-state index in [1.807, 2.05) is 11.8 Å². The Bertz CT molecular complexity index is 248. The van der Waals surface area contributed by atoms with E-state index in [1.165, 1.54) is 25.0 Å². The summed E-state index contributed by atoms with van der Waals surface area (Å²) < 4.78 is 0. The van der Waals surface area contributed by atoms with Gasteiger partial charge in [-0.3, -0.25) is 4.79 Å². The van der Waals surface area contributed by atoms with Crippen molar-refractivity contribution in [1.29, 1.82) is 0 Å². The molecule has 0 aromatic carbocycles. The van der Waals surface area contributed by atoms with Crippen LogP contribution >= 0.6 is 11.8 Å². The first kappa shape index (κ1) is 15.8. The van der Waals surface area contributed by atoms with Crippen LogP contribution in [0.5, 0.6) is 0 Å². The van der Waals surface area contributed by atoms with Crippen molar-refractivity contribution in [3.8, 4) is 0 Å². The molecule has 0 heterocycles. The quantitative estimate of drug-likeness (QED) is 0.713. The van der Waals surface area contributed by atoms with E-state index in [-0.39, 0.29) is 5.91 Å². The van der Waals surface area contributed by atoms with Crippen LogP contribution < -0.4 is 10.6 Å². The second-order valence-electron chi connectivity index (χ2n) is 5.17. The molecule has 0 radical (unpaired) electrons. The Labute approximate surface area is 116 Å². The molecule has 2 N–H and O–H groups in total. The molecule has 18 heavy (non-hydrogen) atoms. The minimum Gasteiger partial charge on any atom is -0.353 e. The zero-order valence-electron chi connectivity index (χ0n) is 12.0. The Morgan fingerprint density at radius 3 is 2.83 bits per heavy atom. The second-order valence-corrected chi connectivity index (χ2v) is 6.69. The predicted molar refractivity (Wildman–Crippen MR) is 80.1 cm³/mol. The second kappa shape index (κ2) is 8.81. The Hall–Kier alpha value is -0.220. The summed E-state index contributed by atoms with van der Waals surface area (Å²) in [5, 5.41) is 7.18. The molecule has 1 saturated carbocycles. The molecule has 106 valence electrons. The number of carbonyl (C=O) groups excluding carboxylic acids is 1. The van der Waals surface area contributed by atoms with Crippen LogP contribution in [0.15, 0.2) is 0 Å². The fourth-order valence-corrected chi connectivity index (χ4v) is 3.85. The van der Waals surface area contributed by atoms with E-state index in [4.69, 9.17) is 0 Å². The minimum absolute atomic E-state index is 0.142. The molecule has 1 fully saturated rings. The number of hydrogen-bond acceptors (Lipinski definition) is 3. The molecule has 3 unspecified atom stereocenters. The Morgan fingerprint density at radius 2 is 2.17 bits per heavy atom. The third-order valence-corrected chi connectivity index (χ3v) is 4.81. The van der Waals surface area contributed by atoms with Gasteiger partial charge in [0.05, 0.1) is 6.54 Å². The van der Waals surface area contributed by atoms with Crippen LogP contribution in [0, 0.1) is 0 Å².